The molecular weight excluding hydrogens is 258 g/mol. The topological polar surface area (TPSA) is 46.5 Å². The lowest BCUT2D eigenvalue weighted by Gasteiger charge is -2.13. The van der Waals surface area contributed by atoms with Crippen LogP contribution in [-0.4, -0.2) is 17.7 Å². The van der Waals surface area contributed by atoms with E-state index in [0.717, 1.165) is 0 Å². The standard InChI is InChI=1S/C10H9Cl2FO3/c1-2-16-10(15)9(14)7-5(11)3-4-6(12)8(7)13/h3-4,9,14H,2H2,1H3. The lowest BCUT2D eigenvalue weighted by atomic mass is 10.1. The fourth-order valence-corrected chi connectivity index (χ4v) is 1.55. The molecule has 6 heteroatoms. The number of benzene rings is 1. The van der Waals surface area contributed by atoms with Crippen molar-refractivity contribution < 1.29 is 19.0 Å². The normalized spacial score (nSPS) is 12.3. The van der Waals surface area contributed by atoms with E-state index in [1.165, 1.54) is 12.1 Å². The van der Waals surface area contributed by atoms with Gasteiger partial charge in [-0.1, -0.05) is 23.2 Å². The van der Waals surface area contributed by atoms with Gasteiger partial charge in [-0.05, 0) is 19.1 Å². The first-order valence-electron chi connectivity index (χ1n) is 4.47. The molecule has 3 nitrogen and oxygen atoms in total. The van der Waals surface area contributed by atoms with Crippen LogP contribution >= 0.6 is 23.2 Å². The predicted molar refractivity (Wildman–Crippen MR) is 58.0 cm³/mol. The van der Waals surface area contributed by atoms with Crippen LogP contribution < -0.4 is 0 Å². The Kier molecular flexibility index (Phi) is 4.53. The maximum Gasteiger partial charge on any atom is 0.339 e. The zero-order valence-electron chi connectivity index (χ0n) is 8.34. The first-order chi connectivity index (χ1) is 7.49. The molecular formula is C10H9Cl2FO3. The van der Waals surface area contributed by atoms with E-state index >= 15 is 0 Å². The second-order valence-electron chi connectivity index (χ2n) is 2.91. The van der Waals surface area contributed by atoms with E-state index in [1.54, 1.807) is 6.92 Å². The molecule has 0 radical (unpaired) electrons. The Hall–Kier alpha value is -0.840. The van der Waals surface area contributed by atoms with E-state index in [1.807, 2.05) is 0 Å². The Morgan fingerprint density at radius 3 is 2.62 bits per heavy atom. The number of carbonyl (C=O) groups excluding carboxylic acids is 1. The smallest absolute Gasteiger partial charge is 0.339 e. The molecule has 1 atom stereocenters. The van der Waals surface area contributed by atoms with Crippen LogP contribution in [0.5, 0.6) is 0 Å². The fourth-order valence-electron chi connectivity index (χ4n) is 1.13. The average molecular weight is 267 g/mol. The van der Waals surface area contributed by atoms with Crippen molar-refractivity contribution in [2.45, 2.75) is 13.0 Å². The van der Waals surface area contributed by atoms with Gasteiger partial charge in [0.25, 0.3) is 0 Å². The molecule has 1 aromatic rings. The van der Waals surface area contributed by atoms with E-state index < -0.39 is 17.9 Å². The molecule has 0 aliphatic carbocycles. The van der Waals surface area contributed by atoms with E-state index in [0.29, 0.717) is 0 Å². The third-order valence-electron chi connectivity index (χ3n) is 1.86. The number of ether oxygens (including phenoxy) is 1. The summed E-state index contributed by atoms with van der Waals surface area (Å²) < 4.78 is 18.1. The number of hydrogen-bond acceptors (Lipinski definition) is 3. The zero-order valence-corrected chi connectivity index (χ0v) is 9.85. The largest absolute Gasteiger partial charge is 0.464 e. The molecule has 1 N–H and O–H groups in total. The van der Waals surface area contributed by atoms with Crippen molar-refractivity contribution >= 4 is 29.2 Å². The molecule has 0 amide bonds. The predicted octanol–water partition coefficient (Wildman–Crippen LogP) is 2.73. The summed E-state index contributed by atoms with van der Waals surface area (Å²) in [5, 5.41) is 9.25. The molecule has 1 unspecified atom stereocenters. The van der Waals surface area contributed by atoms with Crippen LogP contribution in [0.2, 0.25) is 10.0 Å². The minimum absolute atomic E-state index is 0.0791. The molecule has 0 saturated heterocycles. The van der Waals surface area contributed by atoms with Crippen molar-refractivity contribution in [2.75, 3.05) is 6.61 Å². The van der Waals surface area contributed by atoms with E-state index in [2.05, 4.69) is 4.74 Å². The summed E-state index contributed by atoms with van der Waals surface area (Å²) in [7, 11) is 0. The first kappa shape index (κ1) is 13.2. The summed E-state index contributed by atoms with van der Waals surface area (Å²) in [6.45, 7) is 1.65. The van der Waals surface area contributed by atoms with Crippen LogP contribution in [0.1, 0.15) is 18.6 Å². The highest BCUT2D eigenvalue weighted by molar-refractivity contribution is 6.33. The molecule has 0 bridgehead atoms. The van der Waals surface area contributed by atoms with Crippen LogP contribution in [0.3, 0.4) is 0 Å². The quantitative estimate of drug-likeness (QED) is 0.676. The summed E-state index contributed by atoms with van der Waals surface area (Å²) in [5.74, 6) is -1.89. The third-order valence-corrected chi connectivity index (χ3v) is 2.48. The van der Waals surface area contributed by atoms with Gasteiger partial charge in [-0.25, -0.2) is 9.18 Å². The van der Waals surface area contributed by atoms with Gasteiger partial charge < -0.3 is 9.84 Å². The molecule has 1 aromatic carbocycles. The van der Waals surface area contributed by atoms with Gasteiger partial charge in [0.15, 0.2) is 6.10 Å². The van der Waals surface area contributed by atoms with Crippen molar-refractivity contribution in [1.29, 1.82) is 0 Å². The van der Waals surface area contributed by atoms with E-state index in [9.17, 15) is 14.3 Å². The molecule has 0 spiro atoms. The Balaban J connectivity index is 3.12. The first-order valence-corrected chi connectivity index (χ1v) is 5.22. The van der Waals surface area contributed by atoms with Crippen molar-refractivity contribution in [1.82, 2.24) is 0 Å². The highest BCUT2D eigenvalue weighted by Crippen LogP contribution is 2.31. The third kappa shape index (κ3) is 2.64. The minimum atomic E-state index is -1.77. The number of aliphatic hydroxyl groups is 1. The van der Waals surface area contributed by atoms with Gasteiger partial charge in [0.2, 0.25) is 0 Å². The number of rotatable bonds is 3. The molecule has 0 aliphatic rings. The summed E-state index contributed by atoms with van der Waals surface area (Å²) >= 11 is 11.2. The van der Waals surface area contributed by atoms with Gasteiger partial charge in [0, 0.05) is 5.56 Å². The Morgan fingerprint density at radius 2 is 2.06 bits per heavy atom. The SMILES string of the molecule is CCOC(=O)C(O)c1c(Cl)ccc(Cl)c1F. The van der Waals surface area contributed by atoms with Crippen molar-refractivity contribution in [3.8, 4) is 0 Å². The molecule has 0 fully saturated rings. The Labute approximate surface area is 102 Å². The summed E-state index contributed by atoms with van der Waals surface area (Å²) in [5.41, 5.74) is -0.368. The Morgan fingerprint density at radius 1 is 1.50 bits per heavy atom. The maximum atomic E-state index is 13.5. The molecule has 0 saturated carbocycles. The van der Waals surface area contributed by atoms with Gasteiger partial charge in [-0.15, -0.1) is 0 Å². The molecule has 16 heavy (non-hydrogen) atoms. The van der Waals surface area contributed by atoms with E-state index in [4.69, 9.17) is 23.2 Å². The van der Waals surface area contributed by atoms with Crippen LogP contribution in [0.4, 0.5) is 4.39 Å². The van der Waals surface area contributed by atoms with Gasteiger partial charge >= 0.3 is 5.97 Å². The summed E-state index contributed by atoms with van der Waals surface area (Å²) in [6.07, 6.45) is -1.77. The summed E-state index contributed by atoms with van der Waals surface area (Å²) in [4.78, 5) is 11.2. The van der Waals surface area contributed by atoms with Gasteiger partial charge in [-0.3, -0.25) is 0 Å². The number of carbonyl (C=O) groups is 1. The molecule has 88 valence electrons. The van der Waals surface area contributed by atoms with E-state index in [-0.39, 0.29) is 22.2 Å². The summed E-state index contributed by atoms with van der Waals surface area (Å²) in [6, 6.07) is 2.53. The number of aliphatic hydroxyl groups excluding tert-OH is 1. The zero-order chi connectivity index (χ0) is 12.3. The van der Waals surface area contributed by atoms with Crippen LogP contribution in [0.15, 0.2) is 12.1 Å². The molecule has 1 rings (SSSR count). The van der Waals surface area contributed by atoms with Crippen molar-refractivity contribution in [3.05, 3.63) is 33.6 Å². The second kappa shape index (κ2) is 5.48. The highest BCUT2D eigenvalue weighted by atomic mass is 35.5. The number of halogens is 3. The molecule has 0 aliphatic heterocycles. The van der Waals surface area contributed by atoms with Crippen LogP contribution in [0, 0.1) is 5.82 Å². The average Bonchev–Trinajstić information content (AvgIpc) is 2.24. The van der Waals surface area contributed by atoms with Crippen molar-refractivity contribution in [2.24, 2.45) is 0 Å². The maximum absolute atomic E-state index is 13.5. The fraction of sp³-hybridized carbons (Fsp3) is 0.300. The lowest BCUT2D eigenvalue weighted by Crippen LogP contribution is -2.17. The molecule has 0 heterocycles. The minimum Gasteiger partial charge on any atom is -0.464 e. The second-order valence-corrected chi connectivity index (χ2v) is 3.73. The number of esters is 1. The van der Waals surface area contributed by atoms with Crippen molar-refractivity contribution in [3.63, 3.8) is 0 Å². The van der Waals surface area contributed by atoms with Gasteiger partial charge in [0.1, 0.15) is 5.82 Å². The monoisotopic (exact) mass is 266 g/mol. The van der Waals surface area contributed by atoms with Gasteiger partial charge in [0.05, 0.1) is 16.7 Å². The number of hydrogen-bond donors (Lipinski definition) is 1. The van der Waals surface area contributed by atoms with Crippen LogP contribution in [-0.2, 0) is 9.53 Å². The van der Waals surface area contributed by atoms with Crippen LogP contribution in [0.25, 0.3) is 0 Å². The lowest BCUT2D eigenvalue weighted by molar-refractivity contribution is -0.153. The van der Waals surface area contributed by atoms with Gasteiger partial charge in [-0.2, -0.15) is 0 Å². The highest BCUT2D eigenvalue weighted by Gasteiger charge is 2.26. The Bertz CT molecular complexity index is 409. The molecule has 0 aromatic heterocycles.